The third-order valence-corrected chi connectivity index (χ3v) is 3.96. The van der Waals surface area contributed by atoms with Crippen LogP contribution in [-0.4, -0.2) is 20.1 Å². The number of ether oxygens (including phenoxy) is 2. The first-order chi connectivity index (χ1) is 11.3. The largest absolute Gasteiger partial charge is 0.495 e. The second-order valence-electron chi connectivity index (χ2n) is 4.72. The predicted molar refractivity (Wildman–Crippen MR) is 86.6 cm³/mol. The zero-order valence-corrected chi connectivity index (χ0v) is 14.3. The van der Waals surface area contributed by atoms with Gasteiger partial charge in [0.1, 0.15) is 16.0 Å². The lowest BCUT2D eigenvalue weighted by Gasteiger charge is -2.12. The molecule has 1 amide bonds. The first kappa shape index (κ1) is 18.1. The smallest absolute Gasteiger partial charge is 0.416 e. The Hall–Kier alpha value is -2.22. The van der Waals surface area contributed by atoms with Crippen molar-refractivity contribution in [3.63, 3.8) is 0 Å². The molecule has 0 radical (unpaired) electrons. The maximum absolute atomic E-state index is 12.5. The fourth-order valence-corrected chi connectivity index (χ4v) is 2.50. The summed E-state index contributed by atoms with van der Waals surface area (Å²) in [4.78, 5) is 12.3. The number of hydrogen-bond acceptors (Lipinski definition) is 3. The van der Waals surface area contributed by atoms with E-state index in [4.69, 9.17) is 9.47 Å². The lowest BCUT2D eigenvalue weighted by molar-refractivity contribution is -0.137. The highest BCUT2D eigenvalue weighted by atomic mass is 79.9. The van der Waals surface area contributed by atoms with Gasteiger partial charge in [-0.05, 0) is 52.3 Å². The maximum Gasteiger partial charge on any atom is 0.416 e. The molecule has 24 heavy (non-hydrogen) atoms. The van der Waals surface area contributed by atoms with Crippen molar-refractivity contribution >= 4 is 27.5 Å². The topological polar surface area (TPSA) is 47.6 Å². The summed E-state index contributed by atoms with van der Waals surface area (Å²) in [6.07, 6.45) is -4.42. The molecular weight excluding hydrogens is 391 g/mol. The molecule has 0 saturated carbocycles. The van der Waals surface area contributed by atoms with E-state index in [0.29, 0.717) is 16.0 Å². The number of carbonyl (C=O) groups is 1. The van der Waals surface area contributed by atoms with Crippen LogP contribution in [0.1, 0.15) is 15.9 Å². The van der Waals surface area contributed by atoms with Gasteiger partial charge in [0.05, 0.1) is 19.8 Å². The normalized spacial score (nSPS) is 11.1. The number of halogens is 4. The summed E-state index contributed by atoms with van der Waals surface area (Å²) in [6, 6.07) is 7.16. The molecule has 2 aromatic carbocycles. The molecule has 2 rings (SSSR count). The van der Waals surface area contributed by atoms with Gasteiger partial charge in [0, 0.05) is 11.3 Å². The minimum Gasteiger partial charge on any atom is -0.495 e. The van der Waals surface area contributed by atoms with Crippen molar-refractivity contribution in [1.82, 2.24) is 0 Å². The second kappa shape index (κ2) is 7.12. The molecule has 0 spiro atoms. The second-order valence-corrected chi connectivity index (χ2v) is 5.52. The average Bonchev–Trinajstić information content (AvgIpc) is 2.54. The summed E-state index contributed by atoms with van der Waals surface area (Å²) in [5.74, 6) is 0.290. The molecule has 128 valence electrons. The van der Waals surface area contributed by atoms with Crippen LogP contribution in [0.15, 0.2) is 40.9 Å². The van der Waals surface area contributed by atoms with Crippen LogP contribution in [-0.2, 0) is 6.18 Å². The third-order valence-electron chi connectivity index (χ3n) is 3.18. The lowest BCUT2D eigenvalue weighted by atomic mass is 10.1. The van der Waals surface area contributed by atoms with Gasteiger partial charge >= 0.3 is 6.18 Å². The van der Waals surface area contributed by atoms with Gasteiger partial charge in [0.2, 0.25) is 0 Å². The summed E-state index contributed by atoms with van der Waals surface area (Å²) in [5, 5.41) is 2.53. The molecule has 0 aromatic heterocycles. The van der Waals surface area contributed by atoms with Gasteiger partial charge in [-0.2, -0.15) is 13.2 Å². The standard InChI is InChI=1S/C16H13BrF3NO3/c1-23-12-7-9(8-13(24-2)14(12)17)15(22)21-11-5-3-10(4-6-11)16(18,19)20/h3-8H,1-2H3,(H,21,22). The Balaban J connectivity index is 2.24. The van der Waals surface area contributed by atoms with Crippen molar-refractivity contribution in [1.29, 1.82) is 0 Å². The number of rotatable bonds is 4. The molecule has 8 heteroatoms. The van der Waals surface area contributed by atoms with Gasteiger partial charge < -0.3 is 14.8 Å². The van der Waals surface area contributed by atoms with E-state index in [0.717, 1.165) is 12.1 Å². The Labute approximate surface area is 144 Å². The Kier molecular flexibility index (Phi) is 5.38. The van der Waals surface area contributed by atoms with Crippen LogP contribution in [0.5, 0.6) is 11.5 Å². The number of carbonyl (C=O) groups excluding carboxylic acids is 1. The minimum atomic E-state index is -4.42. The monoisotopic (exact) mass is 403 g/mol. The molecular formula is C16H13BrF3NO3. The summed E-state index contributed by atoms with van der Waals surface area (Å²) < 4.78 is 48.5. The fourth-order valence-electron chi connectivity index (χ4n) is 1.95. The summed E-state index contributed by atoms with van der Waals surface area (Å²) >= 11 is 3.29. The summed E-state index contributed by atoms with van der Waals surface area (Å²) in [5.41, 5.74) is -0.298. The van der Waals surface area contributed by atoms with Gasteiger partial charge in [0.25, 0.3) is 5.91 Å². The van der Waals surface area contributed by atoms with E-state index in [1.165, 1.54) is 38.5 Å². The molecule has 0 saturated heterocycles. The number of benzene rings is 2. The number of nitrogens with one attached hydrogen (secondary N) is 1. The molecule has 0 fully saturated rings. The number of methoxy groups -OCH3 is 2. The number of alkyl halides is 3. The van der Waals surface area contributed by atoms with E-state index >= 15 is 0 Å². The highest BCUT2D eigenvalue weighted by Gasteiger charge is 2.30. The number of anilines is 1. The van der Waals surface area contributed by atoms with Crippen molar-refractivity contribution in [2.45, 2.75) is 6.18 Å². The molecule has 2 aromatic rings. The first-order valence-electron chi connectivity index (χ1n) is 6.66. The molecule has 0 atom stereocenters. The summed E-state index contributed by atoms with van der Waals surface area (Å²) in [7, 11) is 2.88. The minimum absolute atomic E-state index is 0.242. The highest BCUT2D eigenvalue weighted by Crippen LogP contribution is 2.36. The Bertz CT molecular complexity index is 720. The maximum atomic E-state index is 12.5. The molecule has 4 nitrogen and oxygen atoms in total. The quantitative estimate of drug-likeness (QED) is 0.801. The zero-order valence-electron chi connectivity index (χ0n) is 12.7. The van der Waals surface area contributed by atoms with E-state index in [1.807, 2.05) is 0 Å². The molecule has 0 heterocycles. The van der Waals surface area contributed by atoms with E-state index in [1.54, 1.807) is 0 Å². The van der Waals surface area contributed by atoms with Crippen LogP contribution in [0, 0.1) is 0 Å². The van der Waals surface area contributed by atoms with Crippen LogP contribution >= 0.6 is 15.9 Å². The predicted octanol–water partition coefficient (Wildman–Crippen LogP) is 4.74. The third kappa shape index (κ3) is 4.00. The van der Waals surface area contributed by atoms with E-state index in [2.05, 4.69) is 21.2 Å². The Morgan fingerprint density at radius 1 is 1.04 bits per heavy atom. The molecule has 0 unspecified atom stereocenters. The van der Waals surface area contributed by atoms with E-state index < -0.39 is 17.6 Å². The van der Waals surface area contributed by atoms with Crippen LogP contribution < -0.4 is 14.8 Å². The van der Waals surface area contributed by atoms with Gasteiger partial charge in [-0.3, -0.25) is 4.79 Å². The van der Waals surface area contributed by atoms with E-state index in [-0.39, 0.29) is 11.3 Å². The SMILES string of the molecule is COc1cc(C(=O)Nc2ccc(C(F)(F)F)cc2)cc(OC)c1Br. The molecule has 0 aliphatic heterocycles. The fraction of sp³-hybridized carbons (Fsp3) is 0.188. The number of amides is 1. The number of hydrogen-bond donors (Lipinski definition) is 1. The molecule has 0 aliphatic rings. The zero-order chi connectivity index (χ0) is 17.9. The van der Waals surface area contributed by atoms with Crippen LogP contribution in [0.3, 0.4) is 0 Å². The Morgan fingerprint density at radius 2 is 1.54 bits per heavy atom. The lowest BCUT2D eigenvalue weighted by Crippen LogP contribution is -2.13. The van der Waals surface area contributed by atoms with Gasteiger partial charge in [-0.25, -0.2) is 0 Å². The van der Waals surface area contributed by atoms with Crippen molar-refractivity contribution in [2.75, 3.05) is 19.5 Å². The van der Waals surface area contributed by atoms with Gasteiger partial charge in [-0.1, -0.05) is 0 Å². The average molecular weight is 404 g/mol. The van der Waals surface area contributed by atoms with Crippen molar-refractivity contribution in [3.05, 3.63) is 52.0 Å². The van der Waals surface area contributed by atoms with Crippen molar-refractivity contribution in [2.24, 2.45) is 0 Å². The molecule has 0 bridgehead atoms. The van der Waals surface area contributed by atoms with Crippen molar-refractivity contribution < 1.29 is 27.4 Å². The Morgan fingerprint density at radius 3 is 1.96 bits per heavy atom. The van der Waals surface area contributed by atoms with Gasteiger partial charge in [-0.15, -0.1) is 0 Å². The summed E-state index contributed by atoms with van der Waals surface area (Å²) in [6.45, 7) is 0. The first-order valence-corrected chi connectivity index (χ1v) is 7.45. The van der Waals surface area contributed by atoms with Crippen LogP contribution in [0.25, 0.3) is 0 Å². The van der Waals surface area contributed by atoms with Crippen LogP contribution in [0.4, 0.5) is 18.9 Å². The van der Waals surface area contributed by atoms with Crippen molar-refractivity contribution in [3.8, 4) is 11.5 Å². The highest BCUT2D eigenvalue weighted by molar-refractivity contribution is 9.10. The van der Waals surface area contributed by atoms with Gasteiger partial charge in [0.15, 0.2) is 0 Å². The molecule has 0 aliphatic carbocycles. The van der Waals surface area contributed by atoms with E-state index in [9.17, 15) is 18.0 Å². The van der Waals surface area contributed by atoms with Crippen LogP contribution in [0.2, 0.25) is 0 Å². The molecule has 1 N–H and O–H groups in total.